The van der Waals surface area contributed by atoms with Gasteiger partial charge in [-0.05, 0) is 25.7 Å². The van der Waals surface area contributed by atoms with Gasteiger partial charge in [0.25, 0.3) is 0 Å². The van der Waals surface area contributed by atoms with E-state index in [4.69, 9.17) is 0 Å². The summed E-state index contributed by atoms with van der Waals surface area (Å²) in [5.74, 6) is 0. The zero-order valence-corrected chi connectivity index (χ0v) is 10.9. The molecular weight excluding hydrogens is 180 g/mol. The lowest BCUT2D eigenvalue weighted by Gasteiger charge is -1.97. The molecule has 0 heterocycles. The lowest BCUT2D eigenvalue weighted by atomic mass is 10.1. The van der Waals surface area contributed by atoms with Gasteiger partial charge in [-0.25, -0.2) is 0 Å². The van der Waals surface area contributed by atoms with Crippen molar-refractivity contribution in [2.24, 2.45) is 0 Å². The van der Waals surface area contributed by atoms with Crippen molar-refractivity contribution >= 4 is 0 Å². The van der Waals surface area contributed by atoms with E-state index in [2.05, 4.69) is 26.0 Å². The summed E-state index contributed by atoms with van der Waals surface area (Å²) in [5, 5.41) is 0. The van der Waals surface area contributed by atoms with E-state index in [1.165, 1.54) is 70.6 Å². The van der Waals surface area contributed by atoms with Crippen LogP contribution in [0.2, 0.25) is 0 Å². The predicted octanol–water partition coefficient (Wildman–Crippen LogP) is 5.87. The third-order valence-corrected chi connectivity index (χ3v) is 2.87. The van der Waals surface area contributed by atoms with Crippen LogP contribution in [0, 0.1) is 0 Å². The molecule has 0 aliphatic carbocycles. The van der Waals surface area contributed by atoms with Gasteiger partial charge in [-0.1, -0.05) is 70.9 Å². The minimum absolute atomic E-state index is 1.30. The van der Waals surface area contributed by atoms with E-state index in [0.717, 1.165) is 0 Å². The molecule has 0 bridgehead atoms. The maximum Gasteiger partial charge on any atom is -0.0351 e. The van der Waals surface area contributed by atoms with Gasteiger partial charge in [-0.2, -0.15) is 0 Å². The first-order valence-electron chi connectivity index (χ1n) is 7.06. The minimum atomic E-state index is 1.30. The summed E-state index contributed by atoms with van der Waals surface area (Å²) < 4.78 is 0. The van der Waals surface area contributed by atoms with Gasteiger partial charge in [0.05, 0.1) is 0 Å². The molecule has 0 aliphatic rings. The molecular formula is C15H30. The Labute approximate surface area is 97.2 Å². The van der Waals surface area contributed by atoms with Crippen molar-refractivity contribution in [1.82, 2.24) is 0 Å². The third-order valence-electron chi connectivity index (χ3n) is 2.87. The van der Waals surface area contributed by atoms with E-state index in [9.17, 15) is 0 Å². The molecule has 0 aromatic carbocycles. The number of hydrogen-bond donors (Lipinski definition) is 0. The van der Waals surface area contributed by atoms with Crippen molar-refractivity contribution in [3.05, 3.63) is 12.2 Å². The lowest BCUT2D eigenvalue weighted by molar-refractivity contribution is 0.611. The molecule has 15 heavy (non-hydrogen) atoms. The Morgan fingerprint density at radius 2 is 0.933 bits per heavy atom. The second-order valence-electron chi connectivity index (χ2n) is 4.52. The quantitative estimate of drug-likeness (QED) is 0.295. The summed E-state index contributed by atoms with van der Waals surface area (Å²) in [6.45, 7) is 4.54. The Kier molecular flexibility index (Phi) is 13.5. The average Bonchev–Trinajstić information content (AvgIpc) is 2.26. The van der Waals surface area contributed by atoms with Crippen LogP contribution in [-0.4, -0.2) is 0 Å². The van der Waals surface area contributed by atoms with Gasteiger partial charge < -0.3 is 0 Å². The Balaban J connectivity index is 2.96. The van der Waals surface area contributed by atoms with Crippen LogP contribution in [0.25, 0.3) is 0 Å². The molecule has 0 unspecified atom stereocenters. The lowest BCUT2D eigenvalue weighted by Crippen LogP contribution is -1.77. The molecule has 0 saturated heterocycles. The highest BCUT2D eigenvalue weighted by molar-refractivity contribution is 4.81. The van der Waals surface area contributed by atoms with Crippen LogP contribution in [0.15, 0.2) is 12.2 Å². The number of unbranched alkanes of at least 4 members (excludes halogenated alkanes) is 9. The van der Waals surface area contributed by atoms with Crippen LogP contribution < -0.4 is 0 Å². The molecule has 90 valence electrons. The van der Waals surface area contributed by atoms with Crippen LogP contribution in [0.3, 0.4) is 0 Å². The van der Waals surface area contributed by atoms with Crippen LogP contribution in [0.5, 0.6) is 0 Å². The van der Waals surface area contributed by atoms with E-state index in [1.807, 2.05) is 0 Å². The second kappa shape index (κ2) is 13.7. The number of rotatable bonds is 11. The fraction of sp³-hybridized carbons (Fsp3) is 0.867. The van der Waals surface area contributed by atoms with Crippen molar-refractivity contribution in [2.45, 2.75) is 84.5 Å². The van der Waals surface area contributed by atoms with E-state index in [0.29, 0.717) is 0 Å². The first-order valence-corrected chi connectivity index (χ1v) is 7.06. The monoisotopic (exact) mass is 210 g/mol. The zero-order chi connectivity index (χ0) is 11.2. The summed E-state index contributed by atoms with van der Waals surface area (Å²) in [6, 6.07) is 0. The highest BCUT2D eigenvalue weighted by Gasteiger charge is 1.88. The summed E-state index contributed by atoms with van der Waals surface area (Å²) in [6.07, 6.45) is 20.0. The summed E-state index contributed by atoms with van der Waals surface area (Å²) in [4.78, 5) is 0. The number of allylic oxidation sites excluding steroid dienone is 2. The van der Waals surface area contributed by atoms with Gasteiger partial charge in [-0.15, -0.1) is 0 Å². The molecule has 0 aromatic rings. The maximum atomic E-state index is 2.38. The van der Waals surface area contributed by atoms with Crippen molar-refractivity contribution in [1.29, 1.82) is 0 Å². The first-order chi connectivity index (χ1) is 7.41. The van der Waals surface area contributed by atoms with Crippen molar-refractivity contribution < 1.29 is 0 Å². The molecule has 0 saturated carbocycles. The molecule has 0 aromatic heterocycles. The van der Waals surface area contributed by atoms with E-state index in [1.54, 1.807) is 0 Å². The fourth-order valence-corrected chi connectivity index (χ4v) is 1.79. The van der Waals surface area contributed by atoms with Crippen LogP contribution in [0.4, 0.5) is 0 Å². The SMILES string of the molecule is CCCCC/C=C/CCCCCCCC. The maximum absolute atomic E-state index is 2.38. The summed E-state index contributed by atoms with van der Waals surface area (Å²) >= 11 is 0. The minimum Gasteiger partial charge on any atom is -0.0885 e. The third kappa shape index (κ3) is 13.7. The highest BCUT2D eigenvalue weighted by atomic mass is 13.9. The van der Waals surface area contributed by atoms with E-state index < -0.39 is 0 Å². The smallest absolute Gasteiger partial charge is 0.0351 e. The molecule has 0 atom stereocenters. The molecule has 0 nitrogen and oxygen atoms in total. The summed E-state index contributed by atoms with van der Waals surface area (Å²) in [7, 11) is 0. The van der Waals surface area contributed by atoms with Gasteiger partial charge in [0.2, 0.25) is 0 Å². The van der Waals surface area contributed by atoms with Gasteiger partial charge in [0.15, 0.2) is 0 Å². The highest BCUT2D eigenvalue weighted by Crippen LogP contribution is 2.07. The molecule has 0 fully saturated rings. The standard InChI is InChI=1S/C15H30/c1-3-5-7-9-11-13-15-14-12-10-8-6-4-2/h11,13H,3-10,12,14-15H2,1-2H3/b13-11+. The second-order valence-corrected chi connectivity index (χ2v) is 4.52. The van der Waals surface area contributed by atoms with Gasteiger partial charge in [0.1, 0.15) is 0 Å². The molecule has 0 rings (SSSR count). The topological polar surface area (TPSA) is 0 Å². The first kappa shape index (κ1) is 14.7. The van der Waals surface area contributed by atoms with E-state index >= 15 is 0 Å². The van der Waals surface area contributed by atoms with Crippen LogP contribution in [0.1, 0.15) is 84.5 Å². The van der Waals surface area contributed by atoms with Gasteiger partial charge >= 0.3 is 0 Å². The Bertz CT molecular complexity index is 124. The predicted molar refractivity (Wildman–Crippen MR) is 71.3 cm³/mol. The molecule has 0 amide bonds. The average molecular weight is 210 g/mol. The van der Waals surface area contributed by atoms with Gasteiger partial charge in [-0.3, -0.25) is 0 Å². The normalized spacial score (nSPS) is 11.3. The summed E-state index contributed by atoms with van der Waals surface area (Å²) in [5.41, 5.74) is 0. The molecule has 0 N–H and O–H groups in total. The van der Waals surface area contributed by atoms with Crippen LogP contribution in [-0.2, 0) is 0 Å². The Morgan fingerprint density at radius 1 is 0.533 bits per heavy atom. The molecule has 0 radical (unpaired) electrons. The number of hydrogen-bond acceptors (Lipinski definition) is 0. The Morgan fingerprint density at radius 3 is 1.53 bits per heavy atom. The van der Waals surface area contributed by atoms with Crippen molar-refractivity contribution in [2.75, 3.05) is 0 Å². The fourth-order valence-electron chi connectivity index (χ4n) is 1.79. The molecule has 0 heteroatoms. The van der Waals surface area contributed by atoms with Crippen molar-refractivity contribution in [3.63, 3.8) is 0 Å². The largest absolute Gasteiger partial charge is 0.0885 e. The van der Waals surface area contributed by atoms with Crippen LogP contribution >= 0.6 is 0 Å². The molecule has 0 aliphatic heterocycles. The van der Waals surface area contributed by atoms with Gasteiger partial charge in [0, 0.05) is 0 Å². The molecule has 0 spiro atoms. The zero-order valence-electron chi connectivity index (χ0n) is 10.9. The van der Waals surface area contributed by atoms with E-state index in [-0.39, 0.29) is 0 Å². The Hall–Kier alpha value is -0.260. The van der Waals surface area contributed by atoms with Crippen molar-refractivity contribution in [3.8, 4) is 0 Å².